The number of hydrogen-bond donors (Lipinski definition) is 0. The van der Waals surface area contributed by atoms with Gasteiger partial charge in [0.2, 0.25) is 0 Å². The van der Waals surface area contributed by atoms with E-state index < -0.39 is 32.3 Å². The Kier molecular flexibility index (Phi) is 30.4. The fourth-order valence-corrected chi connectivity index (χ4v) is 20.5. The molecule has 0 N–H and O–H groups in total. The molecule has 6 nitrogen and oxygen atoms in total. The number of aromatic nitrogens is 1. The van der Waals surface area contributed by atoms with Gasteiger partial charge in [0.25, 0.3) is 0 Å². The van der Waals surface area contributed by atoms with Gasteiger partial charge in [-0.1, -0.05) is 249 Å². The molecular weight excluding hydrogens is 1150 g/mol. The second-order valence-corrected chi connectivity index (χ2v) is 26.7. The van der Waals surface area contributed by atoms with Crippen LogP contribution in [0.2, 0.25) is 0 Å². The fraction of sp³-hybridized carbons (Fsp3) is 0.185. The van der Waals surface area contributed by atoms with E-state index >= 15 is 0 Å². The number of pyridine rings is 1. The van der Waals surface area contributed by atoms with Crippen LogP contribution >= 0.6 is 32.3 Å². The molecular formula is C65H67Cl3CrN3O3P4. The Balaban J connectivity index is 0.000000523. The average molecular weight is 1220 g/mol. The van der Waals surface area contributed by atoms with Gasteiger partial charge in [0.1, 0.15) is 11.6 Å². The Morgan fingerprint density at radius 2 is 0.405 bits per heavy atom. The second kappa shape index (κ2) is 36.8. The standard InChI is InChI=1S/C53H43N3P4.3C4H8O.3ClH.Cr/c1-9-26-44(27-10-1)57(45-28-11-2-12-29-45)55(58(46-30-13-3-14-31-46)47-32-15-4-16-33-47)52-42-25-43-53(54-52)56(59(48-34-17-5-18-35-48)49-36-19-6-20-37-49)60(50-38-21-7-22-39-50)51-40-23-8-24-41-51;3*1-2-4-5-3-1;;;;/h1-43H;3*1-4H2;3*1H;/q;;;;;;;+3/p-3. The minimum atomic E-state index is -1.12. The number of halogens is 3. The molecule has 3 fully saturated rings. The van der Waals surface area contributed by atoms with Crippen molar-refractivity contribution in [2.24, 2.45) is 0 Å². The van der Waals surface area contributed by atoms with Crippen LogP contribution in [0.3, 0.4) is 0 Å². The number of rotatable bonds is 14. The molecule has 1 radical (unpaired) electrons. The van der Waals surface area contributed by atoms with Crippen molar-refractivity contribution in [2.45, 2.75) is 38.5 Å². The Morgan fingerprint density at radius 1 is 0.241 bits per heavy atom. The van der Waals surface area contributed by atoms with E-state index in [1.807, 2.05) is 0 Å². The van der Waals surface area contributed by atoms with Gasteiger partial charge in [0.05, 0.1) is 32.3 Å². The topological polar surface area (TPSA) is 47.1 Å². The normalized spacial score (nSPS) is 13.1. The van der Waals surface area contributed by atoms with Gasteiger partial charge in [-0.15, -0.1) is 0 Å². The van der Waals surface area contributed by atoms with Gasteiger partial charge in [-0.2, -0.15) is 0 Å². The summed E-state index contributed by atoms with van der Waals surface area (Å²) < 4.78 is 20.2. The first kappa shape index (κ1) is 65.3. The summed E-state index contributed by atoms with van der Waals surface area (Å²) in [7, 11) is -4.49. The minimum absolute atomic E-state index is 0. The molecule has 14 heteroatoms. The molecule has 0 saturated carbocycles. The summed E-state index contributed by atoms with van der Waals surface area (Å²) in [5.41, 5.74) is 0. The van der Waals surface area contributed by atoms with E-state index in [4.69, 9.17) is 19.2 Å². The molecule has 407 valence electrons. The first-order chi connectivity index (χ1) is 37.3. The van der Waals surface area contributed by atoms with Crippen molar-refractivity contribution in [1.82, 2.24) is 4.98 Å². The van der Waals surface area contributed by atoms with E-state index in [9.17, 15) is 0 Å². The fourth-order valence-electron chi connectivity index (χ4n) is 8.78. The molecule has 0 spiro atoms. The van der Waals surface area contributed by atoms with Gasteiger partial charge in [-0.25, -0.2) is 4.98 Å². The third kappa shape index (κ3) is 19.0. The van der Waals surface area contributed by atoms with E-state index in [1.165, 1.54) is 81.0 Å². The summed E-state index contributed by atoms with van der Waals surface area (Å²) in [6, 6.07) is 95.0. The zero-order valence-electron chi connectivity index (χ0n) is 44.2. The number of hydrogen-bond acceptors (Lipinski definition) is 6. The maximum Gasteiger partial charge on any atom is 3.00 e. The molecule has 0 aliphatic carbocycles. The maximum absolute atomic E-state index is 5.98. The monoisotopic (exact) mass is 1220 g/mol. The van der Waals surface area contributed by atoms with Crippen molar-refractivity contribution in [3.8, 4) is 0 Å². The van der Waals surface area contributed by atoms with Crippen LogP contribution in [-0.4, -0.2) is 44.6 Å². The zero-order valence-corrected chi connectivity index (χ0v) is 51.3. The van der Waals surface area contributed by atoms with Crippen molar-refractivity contribution in [3.05, 3.63) is 261 Å². The smallest absolute Gasteiger partial charge is 1.00 e. The Morgan fingerprint density at radius 3 is 0.544 bits per heavy atom. The predicted octanol–water partition coefficient (Wildman–Crippen LogP) is 4.29. The van der Waals surface area contributed by atoms with E-state index in [-0.39, 0.29) is 54.6 Å². The molecule has 3 aliphatic rings. The SMILES string of the molecule is C1CCOC1.C1CCOC1.C1CCOC1.[Cl-].[Cl-].[Cl-].[Cr+3].c1ccc(P(c2ccccc2)N(c2cccc(N(P(c3ccccc3)c3ccccc3)P(c3ccccc3)c3ccccc3)n2)P(c2ccccc2)c2ccccc2)cc1. The molecule has 12 rings (SSSR count). The molecule has 0 unspecified atom stereocenters. The summed E-state index contributed by atoms with van der Waals surface area (Å²) in [6.45, 7) is 6.00. The molecule has 3 aliphatic heterocycles. The first-order valence-electron chi connectivity index (χ1n) is 26.2. The molecule has 0 atom stereocenters. The first-order valence-corrected chi connectivity index (χ1v) is 31.4. The maximum atomic E-state index is 5.98. The molecule has 0 bridgehead atoms. The zero-order chi connectivity index (χ0) is 51.0. The van der Waals surface area contributed by atoms with E-state index in [0.29, 0.717) is 0 Å². The molecule has 8 aromatic carbocycles. The van der Waals surface area contributed by atoms with Crippen LogP contribution in [0.5, 0.6) is 0 Å². The third-order valence-corrected chi connectivity index (χ3v) is 23.2. The van der Waals surface area contributed by atoms with E-state index in [2.05, 4.69) is 270 Å². The van der Waals surface area contributed by atoms with Gasteiger partial charge in [-0.05, 0) is 50.7 Å². The summed E-state index contributed by atoms with van der Waals surface area (Å²) in [5.74, 6) is 1.89. The molecule has 1 aromatic heterocycles. The van der Waals surface area contributed by atoms with Crippen LogP contribution < -0.4 is 88.5 Å². The second-order valence-electron chi connectivity index (χ2n) is 17.8. The predicted molar refractivity (Wildman–Crippen MR) is 326 cm³/mol. The van der Waals surface area contributed by atoms with Crippen LogP contribution in [0.15, 0.2) is 261 Å². The van der Waals surface area contributed by atoms with E-state index in [0.717, 1.165) is 51.3 Å². The number of nitrogens with zero attached hydrogens (tertiary/aromatic N) is 3. The van der Waals surface area contributed by atoms with Gasteiger partial charge in [-0.3, -0.25) is 8.88 Å². The summed E-state index contributed by atoms with van der Waals surface area (Å²) in [5, 5.41) is 10.2. The van der Waals surface area contributed by atoms with Crippen molar-refractivity contribution in [1.29, 1.82) is 0 Å². The average Bonchev–Trinajstić information content (AvgIpc) is 4.41. The Bertz CT molecular complexity index is 2420. The van der Waals surface area contributed by atoms with Crippen molar-refractivity contribution in [2.75, 3.05) is 48.5 Å². The van der Waals surface area contributed by atoms with E-state index in [1.54, 1.807) is 0 Å². The van der Waals surface area contributed by atoms with Gasteiger partial charge < -0.3 is 51.4 Å². The third-order valence-electron chi connectivity index (χ3n) is 12.4. The van der Waals surface area contributed by atoms with Gasteiger partial charge >= 0.3 is 17.4 Å². The summed E-state index contributed by atoms with van der Waals surface area (Å²) in [4.78, 5) is 5.98. The number of ether oxygens (including phenoxy) is 3. The molecule has 4 heterocycles. The minimum Gasteiger partial charge on any atom is -1.00 e. The summed E-state index contributed by atoms with van der Waals surface area (Å²) in [6.07, 6.45) is 7.67. The number of benzene rings is 8. The van der Waals surface area contributed by atoms with Gasteiger partial charge in [0, 0.05) is 82.1 Å². The van der Waals surface area contributed by atoms with Crippen molar-refractivity contribution >= 4 is 86.4 Å². The van der Waals surface area contributed by atoms with Crippen molar-refractivity contribution in [3.63, 3.8) is 0 Å². The molecule has 79 heavy (non-hydrogen) atoms. The largest absolute Gasteiger partial charge is 3.00 e. The Hall–Kier alpha value is -4.49. The van der Waals surface area contributed by atoms with Crippen molar-refractivity contribution < 1.29 is 68.8 Å². The van der Waals surface area contributed by atoms with Crippen LogP contribution in [0.25, 0.3) is 0 Å². The van der Waals surface area contributed by atoms with Crippen LogP contribution in [0.4, 0.5) is 11.6 Å². The summed E-state index contributed by atoms with van der Waals surface area (Å²) >= 11 is 0. The quantitative estimate of drug-likeness (QED) is 0.152. The van der Waals surface area contributed by atoms with Crippen LogP contribution in [0.1, 0.15) is 38.5 Å². The van der Waals surface area contributed by atoms with Gasteiger partial charge in [0.15, 0.2) is 0 Å². The number of anilines is 2. The molecule has 0 amide bonds. The van der Waals surface area contributed by atoms with Crippen LogP contribution in [0, 0.1) is 0 Å². The van der Waals surface area contributed by atoms with Crippen LogP contribution in [-0.2, 0) is 31.6 Å². The Labute approximate surface area is 504 Å². The molecule has 9 aromatic rings. The molecule has 3 saturated heterocycles.